The van der Waals surface area contributed by atoms with Crippen molar-refractivity contribution in [2.45, 2.75) is 6.04 Å². The van der Waals surface area contributed by atoms with Gasteiger partial charge in [-0.2, -0.15) is 5.10 Å². The lowest BCUT2D eigenvalue weighted by molar-refractivity contribution is -0.00317. The molecule has 5 rings (SSSR count). The Hall–Kier alpha value is -3.45. The first-order valence-electron chi connectivity index (χ1n) is 9.61. The molecule has 0 bridgehead atoms. The smallest absolute Gasteiger partial charge is 0.271 e. The number of fused-ring (bicyclic) bond motifs is 1. The van der Waals surface area contributed by atoms with Gasteiger partial charge in [0.25, 0.3) is 5.91 Å². The van der Waals surface area contributed by atoms with Crippen LogP contribution in [0.1, 0.15) is 22.1 Å². The molecule has 7 nitrogen and oxygen atoms in total. The Labute approximate surface area is 167 Å². The van der Waals surface area contributed by atoms with Gasteiger partial charge >= 0.3 is 0 Å². The van der Waals surface area contributed by atoms with E-state index in [4.69, 9.17) is 9.72 Å². The van der Waals surface area contributed by atoms with Crippen molar-refractivity contribution in [1.82, 2.24) is 24.6 Å². The number of nitrogens with zero attached hydrogens (tertiary/aromatic N) is 4. The highest BCUT2D eigenvalue weighted by Crippen LogP contribution is 2.28. The SMILES string of the molecule is Cn1c(C(=O)N2CCOC[C@@H]2c2ccccc2)cc2ccc(-c3cn[nH]c3)nc21. The van der Waals surface area contributed by atoms with Gasteiger partial charge in [0.05, 0.1) is 31.1 Å². The van der Waals surface area contributed by atoms with Crippen molar-refractivity contribution < 1.29 is 9.53 Å². The molecule has 1 fully saturated rings. The zero-order valence-electron chi connectivity index (χ0n) is 16.1. The molecule has 1 atom stereocenters. The summed E-state index contributed by atoms with van der Waals surface area (Å²) in [6.07, 6.45) is 3.54. The van der Waals surface area contributed by atoms with Gasteiger partial charge < -0.3 is 14.2 Å². The number of aryl methyl sites for hydroxylation is 1. The number of amides is 1. The second-order valence-electron chi connectivity index (χ2n) is 7.18. The van der Waals surface area contributed by atoms with Crippen LogP contribution in [0.2, 0.25) is 0 Å². The minimum atomic E-state index is -0.0927. The summed E-state index contributed by atoms with van der Waals surface area (Å²) in [7, 11) is 1.89. The molecular formula is C22H21N5O2. The Balaban J connectivity index is 1.52. The topological polar surface area (TPSA) is 76.0 Å². The van der Waals surface area contributed by atoms with Crippen molar-refractivity contribution in [3.8, 4) is 11.3 Å². The Bertz CT molecular complexity index is 1150. The maximum Gasteiger partial charge on any atom is 0.271 e. The normalized spacial score (nSPS) is 17.0. The molecule has 3 aromatic heterocycles. The van der Waals surface area contributed by atoms with Crippen molar-refractivity contribution in [3.63, 3.8) is 0 Å². The number of ether oxygens (including phenoxy) is 1. The van der Waals surface area contributed by atoms with Gasteiger partial charge in [-0.1, -0.05) is 30.3 Å². The fourth-order valence-corrected chi connectivity index (χ4v) is 3.90. The van der Waals surface area contributed by atoms with Crippen molar-refractivity contribution in [1.29, 1.82) is 0 Å². The van der Waals surface area contributed by atoms with E-state index in [-0.39, 0.29) is 11.9 Å². The fraction of sp³-hybridized carbons (Fsp3) is 0.227. The maximum absolute atomic E-state index is 13.5. The Morgan fingerprint density at radius 1 is 1.21 bits per heavy atom. The molecule has 0 spiro atoms. The summed E-state index contributed by atoms with van der Waals surface area (Å²) in [6.45, 7) is 1.61. The first-order chi connectivity index (χ1) is 14.2. The van der Waals surface area contributed by atoms with Crippen LogP contribution in [0.4, 0.5) is 0 Å². The standard InChI is InChI=1S/C22H21N5O2/c1-26-19(11-16-7-8-18(25-21(16)26)17-12-23-24-13-17)22(28)27-9-10-29-14-20(27)15-5-3-2-4-6-15/h2-8,11-13,20H,9-10,14H2,1H3,(H,23,24)/t20-/m1/s1. The number of nitrogens with one attached hydrogen (secondary N) is 1. The third kappa shape index (κ3) is 3.09. The highest BCUT2D eigenvalue weighted by atomic mass is 16.5. The monoisotopic (exact) mass is 387 g/mol. The van der Waals surface area contributed by atoms with Crippen LogP contribution in [0.3, 0.4) is 0 Å². The van der Waals surface area contributed by atoms with E-state index in [1.54, 1.807) is 12.4 Å². The molecule has 0 saturated carbocycles. The molecular weight excluding hydrogens is 366 g/mol. The van der Waals surface area contributed by atoms with Crippen LogP contribution in [0, 0.1) is 0 Å². The van der Waals surface area contributed by atoms with E-state index in [2.05, 4.69) is 10.2 Å². The summed E-state index contributed by atoms with van der Waals surface area (Å²) in [5.74, 6) is -0.00693. The summed E-state index contributed by atoms with van der Waals surface area (Å²) in [6, 6.07) is 15.8. The molecule has 4 heterocycles. The number of carbonyl (C=O) groups excluding carboxylic acids is 1. The number of benzene rings is 1. The molecule has 1 amide bonds. The average molecular weight is 387 g/mol. The number of morpholine rings is 1. The van der Waals surface area contributed by atoms with Gasteiger partial charge in [0, 0.05) is 30.7 Å². The molecule has 0 aliphatic carbocycles. The number of aromatic amines is 1. The van der Waals surface area contributed by atoms with Gasteiger partial charge in [-0.15, -0.1) is 0 Å². The van der Waals surface area contributed by atoms with Crippen LogP contribution in [0.25, 0.3) is 22.3 Å². The predicted octanol–water partition coefficient (Wildman–Crippen LogP) is 3.18. The molecule has 1 aliphatic rings. The third-order valence-electron chi connectivity index (χ3n) is 5.46. The second-order valence-corrected chi connectivity index (χ2v) is 7.18. The molecule has 146 valence electrons. The van der Waals surface area contributed by atoms with E-state index < -0.39 is 0 Å². The van der Waals surface area contributed by atoms with Crippen LogP contribution in [0.15, 0.2) is 60.9 Å². The number of aromatic nitrogens is 4. The van der Waals surface area contributed by atoms with Crippen LogP contribution < -0.4 is 0 Å². The average Bonchev–Trinajstić information content (AvgIpc) is 3.42. The third-order valence-corrected chi connectivity index (χ3v) is 5.46. The van der Waals surface area contributed by atoms with E-state index in [0.29, 0.717) is 25.5 Å². The van der Waals surface area contributed by atoms with Gasteiger partial charge in [0.15, 0.2) is 0 Å². The van der Waals surface area contributed by atoms with Crippen molar-refractivity contribution in [2.75, 3.05) is 19.8 Å². The van der Waals surface area contributed by atoms with E-state index in [1.807, 2.05) is 65.0 Å². The molecule has 1 aromatic carbocycles. The first-order valence-corrected chi connectivity index (χ1v) is 9.61. The Kier molecular flexibility index (Phi) is 4.37. The summed E-state index contributed by atoms with van der Waals surface area (Å²) in [4.78, 5) is 20.2. The molecule has 1 N–H and O–H groups in total. The number of hydrogen-bond donors (Lipinski definition) is 1. The number of rotatable bonds is 3. The van der Waals surface area contributed by atoms with E-state index in [9.17, 15) is 4.79 Å². The molecule has 4 aromatic rings. The van der Waals surface area contributed by atoms with Gasteiger partial charge in [0.1, 0.15) is 11.3 Å². The largest absolute Gasteiger partial charge is 0.377 e. The van der Waals surface area contributed by atoms with Crippen LogP contribution in [-0.2, 0) is 11.8 Å². The highest BCUT2D eigenvalue weighted by Gasteiger charge is 2.31. The molecule has 7 heteroatoms. The first kappa shape index (κ1) is 17.6. The van der Waals surface area contributed by atoms with Crippen LogP contribution >= 0.6 is 0 Å². The second kappa shape index (κ2) is 7.18. The van der Waals surface area contributed by atoms with E-state index in [0.717, 1.165) is 27.9 Å². The van der Waals surface area contributed by atoms with Crippen LogP contribution in [0.5, 0.6) is 0 Å². The lowest BCUT2D eigenvalue weighted by atomic mass is 10.0. The quantitative estimate of drug-likeness (QED) is 0.586. The number of carbonyl (C=O) groups is 1. The number of hydrogen-bond acceptors (Lipinski definition) is 4. The van der Waals surface area contributed by atoms with Crippen molar-refractivity contribution >= 4 is 16.9 Å². The molecule has 0 radical (unpaired) electrons. The minimum absolute atomic E-state index is 0.00693. The fourth-order valence-electron chi connectivity index (χ4n) is 3.90. The Morgan fingerprint density at radius 3 is 2.86 bits per heavy atom. The highest BCUT2D eigenvalue weighted by molar-refractivity contribution is 5.98. The summed E-state index contributed by atoms with van der Waals surface area (Å²) in [5, 5.41) is 7.73. The molecule has 1 saturated heterocycles. The Morgan fingerprint density at radius 2 is 2.07 bits per heavy atom. The lowest BCUT2D eigenvalue weighted by Gasteiger charge is -2.36. The number of pyridine rings is 1. The van der Waals surface area contributed by atoms with Gasteiger partial charge in [-0.25, -0.2) is 4.98 Å². The molecule has 29 heavy (non-hydrogen) atoms. The zero-order valence-corrected chi connectivity index (χ0v) is 16.1. The lowest BCUT2D eigenvalue weighted by Crippen LogP contribution is -2.43. The van der Waals surface area contributed by atoms with E-state index in [1.165, 1.54) is 0 Å². The van der Waals surface area contributed by atoms with Crippen molar-refractivity contribution in [2.24, 2.45) is 7.05 Å². The zero-order chi connectivity index (χ0) is 19.8. The molecule has 1 aliphatic heterocycles. The van der Waals surface area contributed by atoms with Gasteiger partial charge in [-0.3, -0.25) is 9.89 Å². The number of H-pyrrole nitrogens is 1. The predicted molar refractivity (Wildman–Crippen MR) is 109 cm³/mol. The summed E-state index contributed by atoms with van der Waals surface area (Å²) in [5.41, 5.74) is 4.22. The van der Waals surface area contributed by atoms with E-state index >= 15 is 0 Å². The van der Waals surface area contributed by atoms with Crippen LogP contribution in [-0.4, -0.2) is 50.3 Å². The maximum atomic E-state index is 13.5. The summed E-state index contributed by atoms with van der Waals surface area (Å²) >= 11 is 0. The van der Waals surface area contributed by atoms with Crippen molar-refractivity contribution in [3.05, 3.63) is 72.2 Å². The summed E-state index contributed by atoms with van der Waals surface area (Å²) < 4.78 is 7.55. The minimum Gasteiger partial charge on any atom is -0.377 e. The molecule has 0 unspecified atom stereocenters. The van der Waals surface area contributed by atoms with Gasteiger partial charge in [0.2, 0.25) is 0 Å². The van der Waals surface area contributed by atoms with Gasteiger partial charge in [-0.05, 0) is 23.8 Å².